The molecule has 0 aliphatic heterocycles. The van der Waals surface area contributed by atoms with Gasteiger partial charge in [-0.25, -0.2) is 4.39 Å². The van der Waals surface area contributed by atoms with E-state index in [1.807, 2.05) is 22.6 Å². The monoisotopic (exact) mass is 347 g/mol. The van der Waals surface area contributed by atoms with Crippen LogP contribution in [0.4, 0.5) is 17.6 Å². The Bertz CT molecular complexity index is 364. The average Bonchev–Trinajstić information content (AvgIpc) is 2.17. The molecule has 0 heterocycles. The van der Waals surface area contributed by atoms with Crippen LogP contribution in [0.2, 0.25) is 0 Å². The molecule has 0 aliphatic rings. The molecule has 0 spiro atoms. The molecule has 0 saturated carbocycles. The topological polar surface area (TPSA) is 26.0 Å². The molecule has 1 rings (SSSR count). The number of hydrogen-bond donors (Lipinski definition) is 1. The molecule has 6 heteroatoms. The van der Waals surface area contributed by atoms with E-state index in [1.54, 1.807) is 0 Å². The lowest BCUT2D eigenvalue weighted by atomic mass is 10.0. The predicted molar refractivity (Wildman–Crippen MR) is 61.3 cm³/mol. The summed E-state index contributed by atoms with van der Waals surface area (Å²) >= 11 is 1.96. The molecule has 0 amide bonds. The predicted octanol–water partition coefficient (Wildman–Crippen LogP) is 3.77. The first-order valence-corrected chi connectivity index (χ1v) is 5.65. The van der Waals surface area contributed by atoms with Crippen LogP contribution in [0, 0.1) is 9.39 Å². The van der Waals surface area contributed by atoms with E-state index in [0.717, 1.165) is 3.57 Å². The molecule has 0 saturated heterocycles. The highest BCUT2D eigenvalue weighted by Gasteiger charge is 2.28. The largest absolute Gasteiger partial charge is 0.389 e. The van der Waals surface area contributed by atoms with Crippen molar-refractivity contribution in [1.29, 1.82) is 0 Å². The summed E-state index contributed by atoms with van der Waals surface area (Å²) in [5.41, 5.74) is 5.66. The van der Waals surface area contributed by atoms with Gasteiger partial charge in [0.15, 0.2) is 0 Å². The van der Waals surface area contributed by atoms with Crippen LogP contribution in [-0.2, 0) is 0 Å². The molecule has 1 nitrogen and oxygen atoms in total. The van der Waals surface area contributed by atoms with Gasteiger partial charge in [0.05, 0.1) is 0 Å². The Hall–Kier alpha value is -0.370. The lowest BCUT2D eigenvalue weighted by Crippen LogP contribution is -2.17. The van der Waals surface area contributed by atoms with Crippen LogP contribution in [0.15, 0.2) is 18.2 Å². The Morgan fingerprint density at radius 3 is 2.50 bits per heavy atom. The van der Waals surface area contributed by atoms with Gasteiger partial charge in [0.1, 0.15) is 5.82 Å². The molecule has 0 radical (unpaired) electrons. The summed E-state index contributed by atoms with van der Waals surface area (Å²) < 4.78 is 49.9. The van der Waals surface area contributed by atoms with Crippen molar-refractivity contribution in [1.82, 2.24) is 0 Å². The molecule has 90 valence electrons. The summed E-state index contributed by atoms with van der Waals surface area (Å²) in [7, 11) is 0. The number of hydrogen-bond acceptors (Lipinski definition) is 1. The lowest BCUT2D eigenvalue weighted by Gasteiger charge is -2.14. The Morgan fingerprint density at radius 1 is 1.31 bits per heavy atom. The minimum Gasteiger partial charge on any atom is -0.324 e. The minimum atomic E-state index is -4.25. The van der Waals surface area contributed by atoms with E-state index in [4.69, 9.17) is 5.73 Å². The molecular formula is C10H10F4IN. The summed E-state index contributed by atoms with van der Waals surface area (Å²) in [6.45, 7) is 0. The number of benzene rings is 1. The summed E-state index contributed by atoms with van der Waals surface area (Å²) in [5, 5.41) is 0. The van der Waals surface area contributed by atoms with E-state index in [9.17, 15) is 17.6 Å². The Labute approximate surface area is 104 Å². The Balaban J connectivity index is 2.73. The lowest BCUT2D eigenvalue weighted by molar-refractivity contribution is -0.136. The fraction of sp³-hybridized carbons (Fsp3) is 0.400. The van der Waals surface area contributed by atoms with Crippen LogP contribution < -0.4 is 5.73 Å². The minimum absolute atomic E-state index is 0.135. The van der Waals surface area contributed by atoms with Crippen LogP contribution in [0.5, 0.6) is 0 Å². The second kappa shape index (κ2) is 5.31. The van der Waals surface area contributed by atoms with Gasteiger partial charge in [-0.1, -0.05) is 0 Å². The normalized spacial score (nSPS) is 13.9. The molecule has 16 heavy (non-hydrogen) atoms. The number of rotatable bonds is 3. The van der Waals surface area contributed by atoms with E-state index >= 15 is 0 Å². The van der Waals surface area contributed by atoms with Gasteiger partial charge in [-0.2, -0.15) is 13.2 Å². The van der Waals surface area contributed by atoms with Crippen molar-refractivity contribution < 1.29 is 17.6 Å². The maximum absolute atomic E-state index is 13.3. The SMILES string of the molecule is N[C@H](CCC(F)(F)F)c1cc(I)ccc1F. The summed E-state index contributed by atoms with van der Waals surface area (Å²) in [4.78, 5) is 0. The van der Waals surface area contributed by atoms with Gasteiger partial charge < -0.3 is 5.73 Å². The highest BCUT2D eigenvalue weighted by atomic mass is 127. The van der Waals surface area contributed by atoms with E-state index in [-0.39, 0.29) is 12.0 Å². The third kappa shape index (κ3) is 4.25. The first kappa shape index (κ1) is 13.7. The average molecular weight is 347 g/mol. The van der Waals surface area contributed by atoms with E-state index in [2.05, 4.69) is 0 Å². The first-order valence-electron chi connectivity index (χ1n) is 4.57. The quantitative estimate of drug-likeness (QED) is 0.654. The number of halogens is 5. The van der Waals surface area contributed by atoms with E-state index in [0.29, 0.717) is 0 Å². The van der Waals surface area contributed by atoms with Crippen molar-refractivity contribution >= 4 is 22.6 Å². The van der Waals surface area contributed by atoms with Crippen molar-refractivity contribution in [2.75, 3.05) is 0 Å². The third-order valence-electron chi connectivity index (χ3n) is 2.10. The first-order chi connectivity index (χ1) is 7.29. The van der Waals surface area contributed by atoms with Crippen LogP contribution in [0.25, 0.3) is 0 Å². The maximum atomic E-state index is 13.3. The highest BCUT2D eigenvalue weighted by molar-refractivity contribution is 14.1. The molecule has 0 unspecified atom stereocenters. The van der Waals surface area contributed by atoms with Crippen molar-refractivity contribution in [3.8, 4) is 0 Å². The summed E-state index contributed by atoms with van der Waals surface area (Å²) in [6, 6.07) is 3.30. The standard InChI is InChI=1S/C10H10F4IN/c11-8-2-1-6(15)5-7(8)9(16)3-4-10(12,13)14/h1-2,5,9H,3-4,16H2/t9-/m1/s1. The van der Waals surface area contributed by atoms with E-state index < -0.39 is 24.5 Å². The van der Waals surface area contributed by atoms with Gasteiger partial charge in [-0.3, -0.25) is 0 Å². The zero-order chi connectivity index (χ0) is 12.3. The van der Waals surface area contributed by atoms with Crippen LogP contribution in [0.1, 0.15) is 24.4 Å². The van der Waals surface area contributed by atoms with Crippen molar-refractivity contribution in [3.05, 3.63) is 33.1 Å². The molecule has 0 bridgehead atoms. The smallest absolute Gasteiger partial charge is 0.324 e. The third-order valence-corrected chi connectivity index (χ3v) is 2.77. The van der Waals surface area contributed by atoms with Gasteiger partial charge in [-0.05, 0) is 47.2 Å². The van der Waals surface area contributed by atoms with Gasteiger partial charge >= 0.3 is 6.18 Å². The van der Waals surface area contributed by atoms with Crippen LogP contribution in [0.3, 0.4) is 0 Å². The Kier molecular flexibility index (Phi) is 4.54. The van der Waals surface area contributed by atoms with Gasteiger partial charge in [0.2, 0.25) is 0 Å². The number of alkyl halides is 3. The summed E-state index contributed by atoms with van der Waals surface area (Å²) in [5.74, 6) is -0.560. The van der Waals surface area contributed by atoms with Gasteiger partial charge in [-0.15, -0.1) is 0 Å². The molecule has 0 fully saturated rings. The second-order valence-corrected chi connectivity index (χ2v) is 4.67. The van der Waals surface area contributed by atoms with Gasteiger partial charge in [0, 0.05) is 21.6 Å². The molecular weight excluding hydrogens is 337 g/mol. The maximum Gasteiger partial charge on any atom is 0.389 e. The van der Waals surface area contributed by atoms with Gasteiger partial charge in [0.25, 0.3) is 0 Å². The zero-order valence-electron chi connectivity index (χ0n) is 8.19. The van der Waals surface area contributed by atoms with Crippen molar-refractivity contribution in [2.24, 2.45) is 5.73 Å². The fourth-order valence-electron chi connectivity index (χ4n) is 1.27. The molecule has 2 N–H and O–H groups in total. The second-order valence-electron chi connectivity index (χ2n) is 3.43. The number of nitrogens with two attached hydrogens (primary N) is 1. The van der Waals surface area contributed by atoms with Crippen LogP contribution in [-0.4, -0.2) is 6.18 Å². The summed E-state index contributed by atoms with van der Waals surface area (Å²) in [6.07, 6.45) is -5.56. The fourth-order valence-corrected chi connectivity index (χ4v) is 1.79. The molecule has 0 aromatic heterocycles. The van der Waals surface area contributed by atoms with Crippen molar-refractivity contribution in [3.63, 3.8) is 0 Å². The molecule has 0 aliphatic carbocycles. The molecule has 1 aromatic carbocycles. The van der Waals surface area contributed by atoms with Crippen LogP contribution >= 0.6 is 22.6 Å². The van der Waals surface area contributed by atoms with Crippen molar-refractivity contribution in [2.45, 2.75) is 25.1 Å². The molecule has 1 aromatic rings. The zero-order valence-corrected chi connectivity index (χ0v) is 10.3. The molecule has 1 atom stereocenters. The van der Waals surface area contributed by atoms with E-state index in [1.165, 1.54) is 18.2 Å². The Morgan fingerprint density at radius 2 is 1.94 bits per heavy atom. The highest BCUT2D eigenvalue weighted by Crippen LogP contribution is 2.27.